The Morgan fingerprint density at radius 1 is 0.882 bits per heavy atom. The summed E-state index contributed by atoms with van der Waals surface area (Å²) < 4.78 is 1.98. The Morgan fingerprint density at radius 2 is 1.59 bits per heavy atom. The SMILES string of the molecule is CN1C(=O)C(=Cc2ccc(N(c3ccc4ccccc4c3)c3ccccn3)[se]2)C(=O)N(C)C1=S. The van der Waals surface area contributed by atoms with Gasteiger partial charge in [-0.2, -0.15) is 0 Å². The fourth-order valence-electron chi connectivity index (χ4n) is 3.83. The Morgan fingerprint density at radius 3 is 2.29 bits per heavy atom. The number of anilines is 3. The number of benzene rings is 2. The molecule has 1 aliphatic heterocycles. The van der Waals surface area contributed by atoms with Crippen molar-refractivity contribution >= 4 is 76.6 Å². The van der Waals surface area contributed by atoms with E-state index in [0.29, 0.717) is 0 Å². The van der Waals surface area contributed by atoms with Crippen LogP contribution in [0.15, 0.2) is 84.6 Å². The summed E-state index contributed by atoms with van der Waals surface area (Å²) in [5, 5.41) is 2.51. The number of rotatable bonds is 4. The molecule has 0 bridgehead atoms. The predicted octanol–water partition coefficient (Wildman–Crippen LogP) is 4.36. The summed E-state index contributed by atoms with van der Waals surface area (Å²) in [6, 6.07) is 24.4. The molecule has 6 nitrogen and oxygen atoms in total. The van der Waals surface area contributed by atoms with Crippen LogP contribution in [0.3, 0.4) is 0 Å². The number of fused-ring (bicyclic) bond motifs is 1. The summed E-state index contributed by atoms with van der Waals surface area (Å²) in [6.45, 7) is 0. The first-order valence-corrected chi connectivity index (χ1v) is 12.7. The Balaban J connectivity index is 1.57. The number of likely N-dealkylation sites (N-methyl/N-ethyl adjacent to an activating group) is 2. The fourth-order valence-corrected chi connectivity index (χ4v) is 6.05. The third-order valence-electron chi connectivity index (χ3n) is 5.63. The van der Waals surface area contributed by atoms with Crippen molar-refractivity contribution in [1.29, 1.82) is 0 Å². The minimum atomic E-state index is -0.380. The third-order valence-corrected chi connectivity index (χ3v) is 8.32. The van der Waals surface area contributed by atoms with Crippen LogP contribution in [0, 0.1) is 0 Å². The van der Waals surface area contributed by atoms with Gasteiger partial charge >= 0.3 is 209 Å². The second-order valence-electron chi connectivity index (χ2n) is 7.80. The second kappa shape index (κ2) is 8.99. The zero-order valence-electron chi connectivity index (χ0n) is 18.5. The maximum absolute atomic E-state index is 12.7. The van der Waals surface area contributed by atoms with Crippen LogP contribution in [0.25, 0.3) is 16.8 Å². The van der Waals surface area contributed by atoms with Gasteiger partial charge in [-0.05, 0) is 0 Å². The quantitative estimate of drug-likeness (QED) is 0.170. The van der Waals surface area contributed by atoms with E-state index in [2.05, 4.69) is 40.2 Å². The van der Waals surface area contributed by atoms with E-state index in [0.717, 1.165) is 25.9 Å². The molecule has 0 radical (unpaired) electrons. The molecule has 3 heterocycles. The average molecular weight is 531 g/mol. The molecular weight excluding hydrogens is 511 g/mol. The molecule has 1 fully saturated rings. The zero-order valence-corrected chi connectivity index (χ0v) is 21.0. The first kappa shape index (κ1) is 22.2. The van der Waals surface area contributed by atoms with Crippen molar-refractivity contribution in [1.82, 2.24) is 14.8 Å². The van der Waals surface area contributed by atoms with E-state index in [4.69, 9.17) is 12.2 Å². The molecule has 0 atom stereocenters. The third kappa shape index (κ3) is 3.96. The monoisotopic (exact) mass is 532 g/mol. The molecule has 8 heteroatoms. The number of nitrogens with zero attached hydrogens (tertiary/aromatic N) is 4. The molecule has 0 aliphatic carbocycles. The van der Waals surface area contributed by atoms with Crippen molar-refractivity contribution in [2.45, 2.75) is 0 Å². The van der Waals surface area contributed by atoms with Gasteiger partial charge in [0, 0.05) is 0 Å². The number of hydrogen-bond acceptors (Lipinski definition) is 5. The van der Waals surface area contributed by atoms with Gasteiger partial charge in [0.25, 0.3) is 0 Å². The molecule has 1 saturated heterocycles. The Bertz CT molecular complexity index is 1440. The summed E-state index contributed by atoms with van der Waals surface area (Å²) >= 11 is 5.04. The number of carbonyl (C=O) groups excluding carboxylic acids is 2. The zero-order chi connectivity index (χ0) is 23.8. The standard InChI is InChI=1S/C26H20N4O2SSe/c1-28-24(31)21(25(32)29(2)26(28)33)16-20-12-13-23(34-20)30(22-9-5-6-14-27-22)19-11-10-17-7-3-4-8-18(17)15-19/h3-16H,1-2H3. The summed E-state index contributed by atoms with van der Waals surface area (Å²) in [6.07, 6.45) is 3.47. The molecule has 1 aliphatic rings. The number of thiocarbonyl (C=S) groups is 1. The van der Waals surface area contributed by atoms with E-state index in [1.807, 2.05) is 42.5 Å². The maximum atomic E-state index is 12.7. The number of amides is 2. The van der Waals surface area contributed by atoms with Gasteiger partial charge in [-0.1, -0.05) is 0 Å². The Hall–Kier alpha value is -3.58. The van der Waals surface area contributed by atoms with E-state index in [1.165, 1.54) is 15.2 Å². The fraction of sp³-hybridized carbons (Fsp3) is 0.0769. The molecule has 0 saturated carbocycles. The molecule has 2 amide bonds. The van der Waals surface area contributed by atoms with E-state index < -0.39 is 0 Å². The summed E-state index contributed by atoms with van der Waals surface area (Å²) in [5.74, 6) is 0.0477. The Kier molecular flexibility index (Phi) is 5.87. The van der Waals surface area contributed by atoms with Gasteiger partial charge < -0.3 is 0 Å². The van der Waals surface area contributed by atoms with Crippen molar-refractivity contribution < 1.29 is 9.59 Å². The summed E-state index contributed by atoms with van der Waals surface area (Å²) in [5.41, 5.74) is 1.12. The summed E-state index contributed by atoms with van der Waals surface area (Å²) in [7, 11) is 3.17. The van der Waals surface area contributed by atoms with Crippen LogP contribution in [0.1, 0.15) is 4.44 Å². The molecule has 4 aromatic rings. The summed E-state index contributed by atoms with van der Waals surface area (Å²) in [4.78, 5) is 34.8. The van der Waals surface area contributed by atoms with Gasteiger partial charge in [-0.25, -0.2) is 0 Å². The van der Waals surface area contributed by atoms with E-state index in [1.54, 1.807) is 26.4 Å². The molecule has 0 spiro atoms. The van der Waals surface area contributed by atoms with Crippen LogP contribution in [0.2, 0.25) is 0 Å². The van der Waals surface area contributed by atoms with Crippen LogP contribution < -0.4 is 4.90 Å². The van der Waals surface area contributed by atoms with Crippen molar-refractivity contribution in [2.75, 3.05) is 19.0 Å². The number of aromatic nitrogens is 1. The van der Waals surface area contributed by atoms with Gasteiger partial charge in [0.1, 0.15) is 0 Å². The molecule has 168 valence electrons. The topological polar surface area (TPSA) is 56.8 Å². The number of carbonyl (C=O) groups is 2. The molecule has 0 N–H and O–H groups in total. The molecule has 34 heavy (non-hydrogen) atoms. The molecule has 0 unspecified atom stereocenters. The van der Waals surface area contributed by atoms with Crippen LogP contribution in [0.4, 0.5) is 16.1 Å². The normalized spacial score (nSPS) is 14.2. The van der Waals surface area contributed by atoms with Gasteiger partial charge in [-0.3, -0.25) is 0 Å². The molecular formula is C26H20N4O2SSe. The van der Waals surface area contributed by atoms with Gasteiger partial charge in [0.05, 0.1) is 0 Å². The first-order chi connectivity index (χ1) is 16.4. The average Bonchev–Trinajstić information content (AvgIpc) is 3.33. The van der Waals surface area contributed by atoms with E-state index in [9.17, 15) is 9.59 Å². The molecule has 5 rings (SSSR count). The van der Waals surface area contributed by atoms with Crippen molar-refractivity contribution in [3.8, 4) is 0 Å². The number of pyridine rings is 1. The minimum absolute atomic E-state index is 0.122. The molecule has 2 aromatic heterocycles. The van der Waals surface area contributed by atoms with Gasteiger partial charge in [-0.15, -0.1) is 0 Å². The second-order valence-corrected chi connectivity index (χ2v) is 10.5. The van der Waals surface area contributed by atoms with Crippen LogP contribution in [0.5, 0.6) is 0 Å². The van der Waals surface area contributed by atoms with Crippen molar-refractivity contribution in [3.63, 3.8) is 0 Å². The van der Waals surface area contributed by atoms with Gasteiger partial charge in [0.2, 0.25) is 0 Å². The van der Waals surface area contributed by atoms with Crippen LogP contribution >= 0.6 is 12.2 Å². The van der Waals surface area contributed by atoms with Crippen LogP contribution in [-0.2, 0) is 9.59 Å². The van der Waals surface area contributed by atoms with Crippen molar-refractivity contribution in [3.05, 3.63) is 89.0 Å². The van der Waals surface area contributed by atoms with Gasteiger partial charge in [0.15, 0.2) is 0 Å². The molecule has 2 aromatic carbocycles. The Labute approximate surface area is 208 Å². The van der Waals surface area contributed by atoms with E-state index in [-0.39, 0.29) is 37.0 Å². The number of hydrogen-bond donors (Lipinski definition) is 0. The first-order valence-electron chi connectivity index (χ1n) is 10.6. The predicted molar refractivity (Wildman–Crippen MR) is 139 cm³/mol. The van der Waals surface area contributed by atoms with E-state index >= 15 is 0 Å². The van der Waals surface area contributed by atoms with Crippen LogP contribution in [-0.4, -0.2) is 60.3 Å². The van der Waals surface area contributed by atoms with Crippen molar-refractivity contribution in [2.24, 2.45) is 0 Å².